The summed E-state index contributed by atoms with van der Waals surface area (Å²) in [5.41, 5.74) is 2.65. The molecular weight excluding hydrogens is 386 g/mol. The van der Waals surface area contributed by atoms with Crippen LogP contribution in [-0.2, 0) is 14.8 Å². The third-order valence-electron chi connectivity index (χ3n) is 5.55. The predicted molar refractivity (Wildman–Crippen MR) is 113 cm³/mol. The molecule has 0 spiro atoms. The van der Waals surface area contributed by atoms with Crippen molar-refractivity contribution in [1.82, 2.24) is 9.21 Å². The highest BCUT2D eigenvalue weighted by Gasteiger charge is 2.38. The number of rotatable bonds is 5. The Bertz CT molecular complexity index is 966. The number of aryl methyl sites for hydroxylation is 2. The summed E-state index contributed by atoms with van der Waals surface area (Å²) < 4.78 is 27.9. The summed E-state index contributed by atoms with van der Waals surface area (Å²) in [4.78, 5) is 16.0. The molecule has 6 nitrogen and oxygen atoms in total. The molecule has 7 heteroatoms. The topological polar surface area (TPSA) is 62.1 Å². The summed E-state index contributed by atoms with van der Waals surface area (Å²) in [6.45, 7) is 5.70. The largest absolute Gasteiger partial charge is 0.343 e. The fraction of sp³-hybridized carbons (Fsp3) is 0.409. The minimum atomic E-state index is -3.54. The number of nitrogens with zero attached hydrogens (tertiary/aromatic N) is 2. The van der Waals surface area contributed by atoms with E-state index in [1.165, 1.54) is 0 Å². The molecular formula is C22H30N3O3S+. The van der Waals surface area contributed by atoms with Crippen LogP contribution in [-0.4, -0.2) is 63.8 Å². The first-order chi connectivity index (χ1) is 13.7. The van der Waals surface area contributed by atoms with E-state index in [1.807, 2.05) is 56.3 Å². The number of nitrogens with one attached hydrogen (secondary N) is 1. The Morgan fingerprint density at radius 1 is 1.03 bits per heavy atom. The van der Waals surface area contributed by atoms with Crippen molar-refractivity contribution in [2.45, 2.75) is 24.8 Å². The van der Waals surface area contributed by atoms with Gasteiger partial charge in [0.15, 0.2) is 6.04 Å². The maximum absolute atomic E-state index is 13.2. The zero-order valence-electron chi connectivity index (χ0n) is 17.6. The number of sulfonamides is 1. The van der Waals surface area contributed by atoms with Crippen LogP contribution in [0.5, 0.6) is 0 Å². The van der Waals surface area contributed by atoms with Crippen molar-refractivity contribution in [3.8, 4) is 0 Å². The van der Waals surface area contributed by atoms with Crippen molar-refractivity contribution in [3.05, 3.63) is 65.2 Å². The summed E-state index contributed by atoms with van der Waals surface area (Å²) in [5.74, 6) is 0.0389. The van der Waals surface area contributed by atoms with Gasteiger partial charge in [0, 0.05) is 19.7 Å². The maximum Gasteiger partial charge on any atom is 0.285 e. The second-order valence-corrected chi connectivity index (χ2v) is 9.81. The molecule has 2 aromatic carbocycles. The van der Waals surface area contributed by atoms with Crippen LogP contribution in [0.15, 0.2) is 53.4 Å². The van der Waals surface area contributed by atoms with Crippen molar-refractivity contribution in [2.75, 3.05) is 40.3 Å². The lowest BCUT2D eigenvalue weighted by Gasteiger charge is -2.36. The highest BCUT2D eigenvalue weighted by molar-refractivity contribution is 7.89. The molecule has 1 fully saturated rings. The van der Waals surface area contributed by atoms with Gasteiger partial charge in [-0.2, -0.15) is 4.31 Å². The Kier molecular flexibility index (Phi) is 6.41. The number of hydrogen-bond acceptors (Lipinski definition) is 3. The number of hydrogen-bond donors (Lipinski definition) is 1. The monoisotopic (exact) mass is 416 g/mol. The Morgan fingerprint density at radius 3 is 2.24 bits per heavy atom. The molecule has 1 atom stereocenters. The van der Waals surface area contributed by atoms with E-state index in [1.54, 1.807) is 29.4 Å². The van der Waals surface area contributed by atoms with E-state index in [-0.39, 0.29) is 11.9 Å². The van der Waals surface area contributed by atoms with Crippen LogP contribution in [0, 0.1) is 13.8 Å². The smallest absolute Gasteiger partial charge is 0.285 e. The van der Waals surface area contributed by atoms with E-state index < -0.39 is 10.0 Å². The molecule has 1 aliphatic rings. The van der Waals surface area contributed by atoms with Crippen molar-refractivity contribution in [1.29, 1.82) is 0 Å². The second kappa shape index (κ2) is 8.65. The molecule has 156 valence electrons. The molecule has 0 aliphatic carbocycles. The van der Waals surface area contributed by atoms with Crippen molar-refractivity contribution in [2.24, 2.45) is 0 Å². The van der Waals surface area contributed by atoms with Gasteiger partial charge in [0.1, 0.15) is 0 Å². The number of carbonyl (C=O) groups excluding carboxylic acids is 1. The summed E-state index contributed by atoms with van der Waals surface area (Å²) in [6.07, 6.45) is 0. The van der Waals surface area contributed by atoms with Crippen LogP contribution in [0.3, 0.4) is 0 Å². The van der Waals surface area contributed by atoms with Gasteiger partial charge in [-0.25, -0.2) is 8.42 Å². The summed E-state index contributed by atoms with van der Waals surface area (Å²) in [7, 11) is -0.0152. The van der Waals surface area contributed by atoms with E-state index in [9.17, 15) is 13.2 Å². The maximum atomic E-state index is 13.2. The van der Waals surface area contributed by atoms with Crippen LogP contribution in [0.25, 0.3) is 0 Å². The van der Waals surface area contributed by atoms with Gasteiger partial charge in [0.05, 0.1) is 31.1 Å². The summed E-state index contributed by atoms with van der Waals surface area (Å²) in [5, 5.41) is 0. The molecule has 0 bridgehead atoms. The minimum Gasteiger partial charge on any atom is -0.343 e. The highest BCUT2D eigenvalue weighted by Crippen LogP contribution is 2.21. The molecule has 1 amide bonds. The normalized spacial score (nSPS) is 17.1. The fourth-order valence-electron chi connectivity index (χ4n) is 3.88. The Balaban J connectivity index is 1.81. The lowest BCUT2D eigenvalue weighted by atomic mass is 10.0. The predicted octanol–water partition coefficient (Wildman–Crippen LogP) is 1.02. The molecule has 29 heavy (non-hydrogen) atoms. The summed E-state index contributed by atoms with van der Waals surface area (Å²) >= 11 is 0. The van der Waals surface area contributed by atoms with Gasteiger partial charge in [-0.05, 0) is 31.0 Å². The zero-order chi connectivity index (χ0) is 21.2. The second-order valence-electron chi connectivity index (χ2n) is 7.91. The van der Waals surface area contributed by atoms with Gasteiger partial charge < -0.3 is 9.80 Å². The van der Waals surface area contributed by atoms with Crippen molar-refractivity contribution >= 4 is 15.9 Å². The molecule has 2 aromatic rings. The van der Waals surface area contributed by atoms with Crippen LogP contribution < -0.4 is 4.90 Å². The zero-order valence-corrected chi connectivity index (χ0v) is 18.4. The van der Waals surface area contributed by atoms with Gasteiger partial charge in [0.25, 0.3) is 5.91 Å². The summed E-state index contributed by atoms with van der Waals surface area (Å²) in [6, 6.07) is 14.9. The number of quaternary nitrogens is 1. The van der Waals surface area contributed by atoms with Gasteiger partial charge in [0.2, 0.25) is 10.0 Å². The first-order valence-corrected chi connectivity index (χ1v) is 11.3. The highest BCUT2D eigenvalue weighted by atomic mass is 32.2. The first-order valence-electron chi connectivity index (χ1n) is 9.90. The number of carbonyl (C=O) groups is 1. The van der Waals surface area contributed by atoms with Crippen molar-refractivity contribution < 1.29 is 18.1 Å². The molecule has 1 aliphatic heterocycles. The SMILES string of the molecule is Cc1ccc(C)c(S(=O)(=O)N2CC[NH+]([C@H](C(=O)N(C)C)c3ccccc3)CC2)c1. The Hall–Kier alpha value is -2.22. The van der Waals surface area contributed by atoms with Crippen LogP contribution >= 0.6 is 0 Å². The van der Waals surface area contributed by atoms with Gasteiger partial charge in [-0.15, -0.1) is 0 Å². The lowest BCUT2D eigenvalue weighted by molar-refractivity contribution is -0.925. The average Bonchev–Trinajstić information content (AvgIpc) is 2.71. The third-order valence-corrected chi connectivity index (χ3v) is 7.60. The third kappa shape index (κ3) is 4.52. The van der Waals surface area contributed by atoms with E-state index >= 15 is 0 Å². The number of likely N-dealkylation sites (N-methyl/N-ethyl adjacent to an activating group) is 1. The molecule has 0 saturated carbocycles. The Labute approximate surface area is 173 Å². The lowest BCUT2D eigenvalue weighted by Crippen LogP contribution is -3.16. The number of amides is 1. The molecule has 0 aromatic heterocycles. The molecule has 1 N–H and O–H groups in total. The van der Waals surface area contributed by atoms with Gasteiger partial charge in [-0.3, -0.25) is 4.79 Å². The van der Waals surface area contributed by atoms with Crippen molar-refractivity contribution in [3.63, 3.8) is 0 Å². The quantitative estimate of drug-likeness (QED) is 0.792. The van der Waals surface area contributed by atoms with Crippen LogP contribution in [0.2, 0.25) is 0 Å². The van der Waals surface area contributed by atoms with E-state index in [0.29, 0.717) is 31.1 Å². The van der Waals surface area contributed by atoms with E-state index in [4.69, 9.17) is 0 Å². The van der Waals surface area contributed by atoms with Crippen LogP contribution in [0.1, 0.15) is 22.7 Å². The standard InChI is InChI=1S/C22H29N3O3S/c1-17-10-11-18(2)20(16-17)29(27,28)25-14-12-24(13-15-25)21(22(26)23(3)4)19-8-6-5-7-9-19/h5-11,16,21H,12-15H2,1-4H3/p+1/t21-/m0/s1. The minimum absolute atomic E-state index is 0.0389. The van der Waals surface area contributed by atoms with E-state index in [2.05, 4.69) is 0 Å². The molecule has 1 heterocycles. The van der Waals surface area contributed by atoms with Gasteiger partial charge in [-0.1, -0.05) is 42.5 Å². The first kappa shape index (κ1) is 21.5. The average molecular weight is 417 g/mol. The van der Waals surface area contributed by atoms with Gasteiger partial charge >= 0.3 is 0 Å². The van der Waals surface area contributed by atoms with Crippen LogP contribution in [0.4, 0.5) is 0 Å². The molecule has 0 radical (unpaired) electrons. The molecule has 1 saturated heterocycles. The Morgan fingerprint density at radius 2 is 1.66 bits per heavy atom. The molecule has 0 unspecified atom stereocenters. The van der Waals surface area contributed by atoms with E-state index in [0.717, 1.165) is 21.6 Å². The fourth-order valence-corrected chi connectivity index (χ4v) is 5.63. The molecule has 3 rings (SSSR count). The number of piperazine rings is 1. The number of benzene rings is 2.